The number of halogens is 1. The molecule has 0 aliphatic rings. The van der Waals surface area contributed by atoms with Crippen molar-refractivity contribution in [3.8, 4) is 11.5 Å². The van der Waals surface area contributed by atoms with Crippen LogP contribution in [0.3, 0.4) is 0 Å². The Morgan fingerprint density at radius 3 is 1.40 bits per heavy atom. The van der Waals surface area contributed by atoms with E-state index in [0.29, 0.717) is 0 Å². The molecule has 0 aliphatic carbocycles. The molecule has 88 valence electrons. The molecule has 15 heavy (non-hydrogen) atoms. The first-order valence-corrected chi connectivity index (χ1v) is 5.94. The van der Waals surface area contributed by atoms with E-state index in [1.807, 2.05) is 45.9 Å². The topological polar surface area (TPSA) is 18.5 Å². The standard InChI is InChI=1S/C8H9BrO2.2C2H6/c1-10-7-3-6(9)4-8(5-7)11-2;2*1-2/h3-5H,1-2H3;2*1-2H3. The molecule has 1 aromatic rings. The molecule has 0 unspecified atom stereocenters. The van der Waals surface area contributed by atoms with Crippen LogP contribution in [0.5, 0.6) is 11.5 Å². The Hall–Kier alpha value is -0.700. The van der Waals surface area contributed by atoms with Gasteiger partial charge in [0.2, 0.25) is 0 Å². The summed E-state index contributed by atoms with van der Waals surface area (Å²) in [5.74, 6) is 1.58. The fraction of sp³-hybridized carbons (Fsp3) is 0.500. The first-order chi connectivity index (χ1) is 7.26. The molecule has 0 spiro atoms. The summed E-state index contributed by atoms with van der Waals surface area (Å²) in [6.07, 6.45) is 0. The average molecular weight is 277 g/mol. The van der Waals surface area contributed by atoms with Crippen LogP contribution in [0.15, 0.2) is 22.7 Å². The van der Waals surface area contributed by atoms with Crippen molar-refractivity contribution < 1.29 is 9.47 Å². The van der Waals surface area contributed by atoms with Gasteiger partial charge in [-0.1, -0.05) is 43.6 Å². The zero-order valence-electron chi connectivity index (χ0n) is 10.4. The van der Waals surface area contributed by atoms with Crippen molar-refractivity contribution in [1.82, 2.24) is 0 Å². The van der Waals surface area contributed by atoms with E-state index in [4.69, 9.17) is 9.47 Å². The molecule has 0 atom stereocenters. The Balaban J connectivity index is 0. The van der Waals surface area contributed by atoms with E-state index in [-0.39, 0.29) is 0 Å². The highest BCUT2D eigenvalue weighted by Gasteiger charge is 1.97. The molecule has 0 N–H and O–H groups in total. The van der Waals surface area contributed by atoms with Gasteiger partial charge in [-0.05, 0) is 12.1 Å². The largest absolute Gasteiger partial charge is 0.497 e. The van der Waals surface area contributed by atoms with Gasteiger partial charge in [0.05, 0.1) is 14.2 Å². The Kier molecular flexibility index (Phi) is 12.7. The van der Waals surface area contributed by atoms with Crippen molar-refractivity contribution in [3.63, 3.8) is 0 Å². The van der Waals surface area contributed by atoms with Gasteiger partial charge in [-0.3, -0.25) is 0 Å². The Morgan fingerprint density at radius 1 is 0.800 bits per heavy atom. The van der Waals surface area contributed by atoms with Crippen molar-refractivity contribution in [2.45, 2.75) is 27.7 Å². The smallest absolute Gasteiger partial charge is 0.123 e. The summed E-state index contributed by atoms with van der Waals surface area (Å²) in [5, 5.41) is 0. The van der Waals surface area contributed by atoms with Gasteiger partial charge in [0.15, 0.2) is 0 Å². The molecule has 0 fully saturated rings. The lowest BCUT2D eigenvalue weighted by Gasteiger charge is -2.03. The molecule has 0 heterocycles. The van der Waals surface area contributed by atoms with Crippen LogP contribution in [-0.2, 0) is 0 Å². The molecule has 0 aromatic heterocycles. The molecular formula is C12H21BrO2. The van der Waals surface area contributed by atoms with E-state index in [0.717, 1.165) is 16.0 Å². The molecule has 0 radical (unpaired) electrons. The van der Waals surface area contributed by atoms with Gasteiger partial charge in [-0.25, -0.2) is 0 Å². The minimum atomic E-state index is 0.788. The highest BCUT2D eigenvalue weighted by Crippen LogP contribution is 2.25. The molecule has 1 rings (SSSR count). The van der Waals surface area contributed by atoms with Crippen LogP contribution in [0.1, 0.15) is 27.7 Å². The van der Waals surface area contributed by atoms with Gasteiger partial charge in [0, 0.05) is 10.5 Å². The highest BCUT2D eigenvalue weighted by molar-refractivity contribution is 9.10. The van der Waals surface area contributed by atoms with E-state index in [9.17, 15) is 0 Å². The summed E-state index contributed by atoms with van der Waals surface area (Å²) in [5.41, 5.74) is 0. The van der Waals surface area contributed by atoms with Crippen molar-refractivity contribution >= 4 is 15.9 Å². The second-order valence-electron chi connectivity index (χ2n) is 2.03. The zero-order valence-corrected chi connectivity index (χ0v) is 12.0. The second kappa shape index (κ2) is 11.4. The van der Waals surface area contributed by atoms with Crippen molar-refractivity contribution in [2.24, 2.45) is 0 Å². The maximum absolute atomic E-state index is 5.03. The third-order valence-corrected chi connectivity index (χ3v) is 1.77. The maximum Gasteiger partial charge on any atom is 0.123 e. The number of rotatable bonds is 2. The lowest BCUT2D eigenvalue weighted by Crippen LogP contribution is -1.86. The van der Waals surface area contributed by atoms with E-state index < -0.39 is 0 Å². The molecule has 0 saturated carbocycles. The number of ether oxygens (including phenoxy) is 2. The SMILES string of the molecule is CC.CC.COc1cc(Br)cc(OC)c1. The van der Waals surface area contributed by atoms with Gasteiger partial charge in [0.1, 0.15) is 11.5 Å². The average Bonchev–Trinajstić information content (AvgIpc) is 2.33. The fourth-order valence-corrected chi connectivity index (χ4v) is 1.22. The zero-order chi connectivity index (χ0) is 12.3. The van der Waals surface area contributed by atoms with E-state index in [2.05, 4.69) is 15.9 Å². The van der Waals surface area contributed by atoms with Gasteiger partial charge in [-0.2, -0.15) is 0 Å². The lowest BCUT2D eigenvalue weighted by molar-refractivity contribution is 0.394. The molecule has 0 saturated heterocycles. The van der Waals surface area contributed by atoms with E-state index in [1.54, 1.807) is 14.2 Å². The van der Waals surface area contributed by atoms with Crippen LogP contribution in [0.4, 0.5) is 0 Å². The van der Waals surface area contributed by atoms with Gasteiger partial charge < -0.3 is 9.47 Å². The van der Waals surface area contributed by atoms with Crippen LogP contribution >= 0.6 is 15.9 Å². The Morgan fingerprint density at radius 2 is 1.13 bits per heavy atom. The van der Waals surface area contributed by atoms with E-state index in [1.165, 1.54) is 0 Å². The molecular weight excluding hydrogens is 256 g/mol. The molecule has 0 aliphatic heterocycles. The second-order valence-corrected chi connectivity index (χ2v) is 2.95. The summed E-state index contributed by atoms with van der Waals surface area (Å²) >= 11 is 3.33. The molecule has 2 nitrogen and oxygen atoms in total. The minimum absolute atomic E-state index is 0.788. The van der Waals surface area contributed by atoms with E-state index >= 15 is 0 Å². The number of benzene rings is 1. The third-order valence-electron chi connectivity index (χ3n) is 1.32. The van der Waals surface area contributed by atoms with Crippen molar-refractivity contribution in [1.29, 1.82) is 0 Å². The first kappa shape index (κ1) is 16.7. The van der Waals surface area contributed by atoms with Crippen LogP contribution in [0, 0.1) is 0 Å². The summed E-state index contributed by atoms with van der Waals surface area (Å²) in [6, 6.07) is 5.58. The first-order valence-electron chi connectivity index (χ1n) is 5.15. The molecule has 0 amide bonds. The molecule has 1 aromatic carbocycles. The quantitative estimate of drug-likeness (QED) is 0.791. The Labute approximate surface area is 102 Å². The van der Waals surface area contributed by atoms with Gasteiger partial charge >= 0.3 is 0 Å². The highest BCUT2D eigenvalue weighted by atomic mass is 79.9. The monoisotopic (exact) mass is 276 g/mol. The summed E-state index contributed by atoms with van der Waals surface area (Å²) in [6.45, 7) is 8.00. The lowest BCUT2D eigenvalue weighted by atomic mass is 10.3. The normalized spacial score (nSPS) is 7.67. The predicted molar refractivity (Wildman–Crippen MR) is 69.9 cm³/mol. The van der Waals surface area contributed by atoms with Crippen LogP contribution in [0.25, 0.3) is 0 Å². The summed E-state index contributed by atoms with van der Waals surface area (Å²) in [4.78, 5) is 0. The summed E-state index contributed by atoms with van der Waals surface area (Å²) < 4.78 is 11.0. The molecule has 3 heteroatoms. The van der Waals surface area contributed by atoms with Crippen molar-refractivity contribution in [3.05, 3.63) is 22.7 Å². The van der Waals surface area contributed by atoms with Gasteiger partial charge in [-0.15, -0.1) is 0 Å². The minimum Gasteiger partial charge on any atom is -0.497 e. The number of hydrogen-bond donors (Lipinski definition) is 0. The summed E-state index contributed by atoms with van der Waals surface area (Å²) in [7, 11) is 3.25. The third kappa shape index (κ3) is 7.25. The number of methoxy groups -OCH3 is 2. The van der Waals surface area contributed by atoms with Crippen molar-refractivity contribution in [2.75, 3.05) is 14.2 Å². The Bertz CT molecular complexity index is 227. The number of hydrogen-bond acceptors (Lipinski definition) is 2. The maximum atomic E-state index is 5.03. The van der Waals surface area contributed by atoms with Crippen LogP contribution < -0.4 is 9.47 Å². The predicted octanol–water partition coefficient (Wildman–Crippen LogP) is 4.52. The van der Waals surface area contributed by atoms with Crippen LogP contribution in [-0.4, -0.2) is 14.2 Å². The van der Waals surface area contributed by atoms with Gasteiger partial charge in [0.25, 0.3) is 0 Å². The fourth-order valence-electron chi connectivity index (χ4n) is 0.773. The van der Waals surface area contributed by atoms with Crippen LogP contribution in [0.2, 0.25) is 0 Å². The molecule has 0 bridgehead atoms.